The van der Waals surface area contributed by atoms with Crippen LogP contribution in [-0.2, 0) is 0 Å². The molecule has 0 bridgehead atoms. The second-order valence-electron chi connectivity index (χ2n) is 3.39. The molecule has 0 aliphatic rings. The van der Waals surface area contributed by atoms with Gasteiger partial charge >= 0.3 is 5.69 Å². The number of pyridine rings is 1. The number of nitrogens with zero attached hydrogens (tertiary/aromatic N) is 4. The molecule has 0 unspecified atom stereocenters. The molecule has 0 fully saturated rings. The zero-order valence-electron chi connectivity index (χ0n) is 9.79. The number of nitro groups is 1. The van der Waals surface area contributed by atoms with E-state index in [4.69, 9.17) is 11.6 Å². The molecule has 0 radical (unpaired) electrons. The molecule has 0 saturated heterocycles. The molecule has 2 N–H and O–H groups in total. The van der Waals surface area contributed by atoms with Crippen LogP contribution in [0.25, 0.3) is 0 Å². The van der Waals surface area contributed by atoms with Gasteiger partial charge in [0.1, 0.15) is 6.33 Å². The van der Waals surface area contributed by atoms with Gasteiger partial charge in [0, 0.05) is 13.2 Å². The summed E-state index contributed by atoms with van der Waals surface area (Å²) in [7, 11) is 1.54. The van der Waals surface area contributed by atoms with E-state index in [1.807, 2.05) is 0 Å². The molecular weight excluding hydrogens is 272 g/mol. The molecule has 0 spiro atoms. The van der Waals surface area contributed by atoms with Crippen molar-refractivity contribution in [2.75, 3.05) is 17.7 Å². The topological polar surface area (TPSA) is 106 Å². The van der Waals surface area contributed by atoms with Crippen molar-refractivity contribution in [2.45, 2.75) is 0 Å². The third-order valence-electron chi connectivity index (χ3n) is 2.25. The molecule has 0 amide bonds. The number of halogens is 1. The van der Waals surface area contributed by atoms with Crippen molar-refractivity contribution in [1.82, 2.24) is 15.0 Å². The van der Waals surface area contributed by atoms with Gasteiger partial charge in [0.15, 0.2) is 5.15 Å². The molecule has 9 heteroatoms. The molecule has 0 aliphatic heterocycles. The fourth-order valence-corrected chi connectivity index (χ4v) is 1.60. The quantitative estimate of drug-likeness (QED) is 0.502. The Balaban J connectivity index is 2.46. The first-order chi connectivity index (χ1) is 9.13. The lowest BCUT2D eigenvalue weighted by Crippen LogP contribution is -2.05. The molecule has 0 saturated carbocycles. The summed E-state index contributed by atoms with van der Waals surface area (Å²) >= 11 is 5.88. The van der Waals surface area contributed by atoms with Crippen molar-refractivity contribution in [3.63, 3.8) is 0 Å². The molecule has 2 rings (SSSR count). The van der Waals surface area contributed by atoms with E-state index in [1.54, 1.807) is 12.1 Å². The van der Waals surface area contributed by atoms with Crippen LogP contribution >= 0.6 is 11.6 Å². The summed E-state index contributed by atoms with van der Waals surface area (Å²) in [5.74, 6) is 0.154. The van der Waals surface area contributed by atoms with Gasteiger partial charge in [-0.25, -0.2) is 15.0 Å². The highest BCUT2D eigenvalue weighted by Gasteiger charge is 2.22. The third-order valence-corrected chi connectivity index (χ3v) is 2.56. The maximum Gasteiger partial charge on any atom is 0.353 e. The van der Waals surface area contributed by atoms with E-state index in [9.17, 15) is 10.1 Å². The maximum absolute atomic E-state index is 11.1. The van der Waals surface area contributed by atoms with Crippen LogP contribution in [0.1, 0.15) is 0 Å². The van der Waals surface area contributed by atoms with Crippen molar-refractivity contribution < 1.29 is 4.92 Å². The van der Waals surface area contributed by atoms with Gasteiger partial charge in [-0.1, -0.05) is 11.6 Å². The molecule has 2 aromatic heterocycles. The largest absolute Gasteiger partial charge is 0.367 e. The normalized spacial score (nSPS) is 10.0. The molecule has 0 atom stereocenters. The Labute approximate surface area is 113 Å². The first-order valence-electron chi connectivity index (χ1n) is 5.18. The Hall–Kier alpha value is -2.48. The highest BCUT2D eigenvalue weighted by Crippen LogP contribution is 2.32. The summed E-state index contributed by atoms with van der Waals surface area (Å²) < 4.78 is 0. The molecule has 2 heterocycles. The Morgan fingerprint density at radius 2 is 2.05 bits per heavy atom. The van der Waals surface area contributed by atoms with Gasteiger partial charge in [0.2, 0.25) is 11.6 Å². The van der Waals surface area contributed by atoms with E-state index in [0.717, 1.165) is 0 Å². The van der Waals surface area contributed by atoms with Gasteiger partial charge in [-0.3, -0.25) is 10.1 Å². The van der Waals surface area contributed by atoms with Gasteiger partial charge < -0.3 is 10.6 Å². The average molecular weight is 281 g/mol. The summed E-state index contributed by atoms with van der Waals surface area (Å²) in [4.78, 5) is 22.0. The number of rotatable bonds is 4. The van der Waals surface area contributed by atoms with Crippen LogP contribution in [0, 0.1) is 10.1 Å². The van der Waals surface area contributed by atoms with Crippen LogP contribution in [-0.4, -0.2) is 26.9 Å². The van der Waals surface area contributed by atoms with Crippen LogP contribution in [0.5, 0.6) is 0 Å². The Kier molecular flexibility index (Phi) is 3.71. The first-order valence-corrected chi connectivity index (χ1v) is 5.56. The Bertz CT molecular complexity index is 621. The van der Waals surface area contributed by atoms with Crippen LogP contribution in [0.4, 0.5) is 23.0 Å². The van der Waals surface area contributed by atoms with E-state index in [1.165, 1.54) is 19.6 Å². The van der Waals surface area contributed by atoms with Crippen LogP contribution in [0.3, 0.4) is 0 Å². The zero-order valence-corrected chi connectivity index (χ0v) is 10.5. The van der Waals surface area contributed by atoms with Crippen molar-refractivity contribution in [3.05, 3.63) is 39.9 Å². The Morgan fingerprint density at radius 3 is 2.68 bits per heavy atom. The highest BCUT2D eigenvalue weighted by molar-refractivity contribution is 6.32. The molecule has 0 aromatic carbocycles. The predicted molar refractivity (Wildman–Crippen MR) is 70.8 cm³/mol. The van der Waals surface area contributed by atoms with E-state index >= 15 is 0 Å². The predicted octanol–water partition coefficient (Wildman–Crippen LogP) is 2.22. The average Bonchev–Trinajstić information content (AvgIpc) is 2.40. The van der Waals surface area contributed by atoms with Gasteiger partial charge in [0.25, 0.3) is 0 Å². The molecular formula is C10H9ClN6O2. The van der Waals surface area contributed by atoms with Gasteiger partial charge in [-0.15, -0.1) is 0 Å². The van der Waals surface area contributed by atoms with Crippen molar-refractivity contribution in [2.24, 2.45) is 0 Å². The molecule has 2 aromatic rings. The molecule has 98 valence electrons. The number of hydrogen-bond donors (Lipinski definition) is 2. The van der Waals surface area contributed by atoms with Crippen LogP contribution in [0.15, 0.2) is 24.7 Å². The van der Waals surface area contributed by atoms with E-state index in [0.29, 0.717) is 5.69 Å². The minimum atomic E-state index is -0.571. The SMILES string of the molecule is CNc1ncnc(Nc2cccnc2Cl)c1[N+](=O)[O-]. The van der Waals surface area contributed by atoms with Gasteiger partial charge in [0.05, 0.1) is 10.6 Å². The summed E-state index contributed by atoms with van der Waals surface area (Å²) in [5, 5.41) is 16.7. The van der Waals surface area contributed by atoms with Crippen LogP contribution < -0.4 is 10.6 Å². The standard InChI is InChI=1S/C10H9ClN6O2/c1-12-9-7(17(18)19)10(15-5-14-9)16-6-3-2-4-13-8(6)11/h2-5H,1H3,(H2,12,14,15,16). The summed E-state index contributed by atoms with van der Waals surface area (Å²) in [6, 6.07) is 3.29. The summed E-state index contributed by atoms with van der Waals surface area (Å²) in [6.45, 7) is 0. The van der Waals surface area contributed by atoms with Gasteiger partial charge in [-0.05, 0) is 12.1 Å². The highest BCUT2D eigenvalue weighted by atomic mass is 35.5. The summed E-state index contributed by atoms with van der Waals surface area (Å²) in [5.41, 5.74) is 0.165. The zero-order chi connectivity index (χ0) is 13.8. The number of anilines is 3. The fraction of sp³-hybridized carbons (Fsp3) is 0.100. The second-order valence-corrected chi connectivity index (χ2v) is 3.75. The van der Waals surface area contributed by atoms with Gasteiger partial charge in [-0.2, -0.15) is 0 Å². The van der Waals surface area contributed by atoms with Crippen molar-refractivity contribution in [1.29, 1.82) is 0 Å². The minimum Gasteiger partial charge on any atom is -0.367 e. The van der Waals surface area contributed by atoms with Crippen molar-refractivity contribution >= 4 is 34.6 Å². The second kappa shape index (κ2) is 5.44. The lowest BCUT2D eigenvalue weighted by Gasteiger charge is -2.08. The third kappa shape index (κ3) is 2.68. The number of nitrogens with one attached hydrogen (secondary N) is 2. The van der Waals surface area contributed by atoms with Crippen LogP contribution in [0.2, 0.25) is 5.15 Å². The fourth-order valence-electron chi connectivity index (χ4n) is 1.43. The van der Waals surface area contributed by atoms with E-state index in [2.05, 4.69) is 25.6 Å². The van der Waals surface area contributed by atoms with E-state index in [-0.39, 0.29) is 22.5 Å². The van der Waals surface area contributed by atoms with E-state index < -0.39 is 4.92 Å². The Morgan fingerprint density at radius 1 is 1.32 bits per heavy atom. The smallest absolute Gasteiger partial charge is 0.353 e. The molecule has 0 aliphatic carbocycles. The minimum absolute atomic E-state index is 0.0410. The lowest BCUT2D eigenvalue weighted by molar-refractivity contribution is -0.383. The van der Waals surface area contributed by atoms with Crippen molar-refractivity contribution in [3.8, 4) is 0 Å². The first kappa shape index (κ1) is 13.0. The maximum atomic E-state index is 11.1. The monoisotopic (exact) mass is 280 g/mol. The molecule has 8 nitrogen and oxygen atoms in total. The molecule has 19 heavy (non-hydrogen) atoms. The number of aromatic nitrogens is 3. The lowest BCUT2D eigenvalue weighted by atomic mass is 10.3. The summed E-state index contributed by atoms with van der Waals surface area (Å²) in [6.07, 6.45) is 2.73. The number of hydrogen-bond acceptors (Lipinski definition) is 7.